The van der Waals surface area contributed by atoms with Gasteiger partial charge in [0.1, 0.15) is 6.17 Å². The number of benzene rings is 2. The molecule has 2 aromatic rings. The summed E-state index contributed by atoms with van der Waals surface area (Å²) in [6, 6.07) is 15.4. The lowest BCUT2D eigenvalue weighted by Crippen LogP contribution is -2.49. The van der Waals surface area contributed by atoms with Crippen molar-refractivity contribution in [2.24, 2.45) is 10.9 Å². The molecular weight excluding hydrogens is 478 g/mol. The van der Waals surface area contributed by atoms with E-state index in [2.05, 4.69) is 26.8 Å². The van der Waals surface area contributed by atoms with E-state index in [1.165, 1.54) is 11.8 Å². The van der Waals surface area contributed by atoms with Gasteiger partial charge in [0.15, 0.2) is 5.17 Å². The minimum atomic E-state index is -0.323. The predicted octanol–water partition coefficient (Wildman–Crippen LogP) is 3.30. The summed E-state index contributed by atoms with van der Waals surface area (Å²) in [5, 5.41) is 0.526. The Bertz CT molecular complexity index is 1010. The van der Waals surface area contributed by atoms with E-state index in [4.69, 9.17) is 4.99 Å². The lowest BCUT2D eigenvalue weighted by Gasteiger charge is -2.32. The molecule has 31 heavy (non-hydrogen) atoms. The van der Waals surface area contributed by atoms with Crippen LogP contribution in [0.25, 0.3) is 0 Å². The van der Waals surface area contributed by atoms with Crippen LogP contribution in [0.4, 0.5) is 11.4 Å². The molecular formula is C22H24BrN5O2S. The number of carbonyl (C=O) groups excluding carboxylic acids is 2. The number of halogens is 1. The van der Waals surface area contributed by atoms with Gasteiger partial charge in [0.25, 0.3) is 0 Å². The molecule has 162 valence electrons. The van der Waals surface area contributed by atoms with Crippen molar-refractivity contribution in [3.05, 3.63) is 58.6 Å². The van der Waals surface area contributed by atoms with E-state index in [1.807, 2.05) is 62.4 Å². The lowest BCUT2D eigenvalue weighted by atomic mass is 10.0. The molecule has 4 rings (SSSR count). The first kappa shape index (κ1) is 22.0. The fraction of sp³-hybridized carbons (Fsp3) is 0.318. The Balaban J connectivity index is 1.56. The summed E-state index contributed by atoms with van der Waals surface area (Å²) in [7, 11) is 0. The number of aryl methyl sites for hydroxylation is 1. The number of nitrogens with zero attached hydrogens (tertiary/aromatic N) is 3. The average molecular weight is 502 g/mol. The normalized spacial score (nSPS) is 20.4. The van der Waals surface area contributed by atoms with Crippen LogP contribution >= 0.6 is 27.7 Å². The summed E-state index contributed by atoms with van der Waals surface area (Å²) in [5.74, 6) is -0.140. The van der Waals surface area contributed by atoms with E-state index < -0.39 is 0 Å². The molecule has 2 N–H and O–H groups in total. The maximum atomic E-state index is 13.2. The molecule has 0 aromatic heterocycles. The highest BCUT2D eigenvalue weighted by Gasteiger charge is 2.42. The maximum Gasteiger partial charge on any atom is 0.241 e. The molecule has 0 spiro atoms. The molecule has 1 saturated heterocycles. The van der Waals surface area contributed by atoms with E-state index >= 15 is 0 Å². The number of hydrogen-bond donors (Lipinski definition) is 2. The first-order valence-corrected chi connectivity index (χ1v) is 11.9. The maximum absolute atomic E-state index is 13.2. The highest BCUT2D eigenvalue weighted by atomic mass is 79.9. The van der Waals surface area contributed by atoms with Gasteiger partial charge in [-0.1, -0.05) is 39.8 Å². The number of amides is 2. The number of hydrazine groups is 1. The van der Waals surface area contributed by atoms with Crippen LogP contribution in [-0.4, -0.2) is 42.0 Å². The average Bonchev–Trinajstić information content (AvgIpc) is 3.23. The Kier molecular flexibility index (Phi) is 6.76. The molecule has 2 amide bonds. The minimum Gasteiger partial charge on any atom is -0.312 e. The molecule has 2 aliphatic rings. The number of carbonyl (C=O) groups is 2. The molecule has 0 bridgehead atoms. The Labute approximate surface area is 194 Å². The van der Waals surface area contributed by atoms with Gasteiger partial charge in [-0.3, -0.25) is 19.9 Å². The predicted molar refractivity (Wildman–Crippen MR) is 129 cm³/mol. The topological polar surface area (TPSA) is 77.0 Å². The third-order valence-electron chi connectivity index (χ3n) is 5.27. The van der Waals surface area contributed by atoms with Crippen LogP contribution in [0.15, 0.2) is 58.0 Å². The summed E-state index contributed by atoms with van der Waals surface area (Å²) < 4.78 is 0.931. The molecule has 0 saturated carbocycles. The zero-order valence-electron chi connectivity index (χ0n) is 17.3. The van der Waals surface area contributed by atoms with Crippen LogP contribution in [-0.2, 0) is 9.59 Å². The van der Waals surface area contributed by atoms with Gasteiger partial charge in [0, 0.05) is 23.2 Å². The molecule has 9 heteroatoms. The molecule has 2 aromatic carbocycles. The third-order valence-corrected chi connectivity index (χ3v) is 6.74. The molecule has 7 nitrogen and oxygen atoms in total. The van der Waals surface area contributed by atoms with Gasteiger partial charge < -0.3 is 4.90 Å². The molecule has 2 heterocycles. The Morgan fingerprint density at radius 3 is 2.77 bits per heavy atom. The van der Waals surface area contributed by atoms with Crippen molar-refractivity contribution in [3.63, 3.8) is 0 Å². The second-order valence-electron chi connectivity index (χ2n) is 7.40. The molecule has 2 unspecified atom stereocenters. The second kappa shape index (κ2) is 9.52. The standard InChI is InChI=1S/C22H24BrN5O2S/c1-3-27(17-6-4-5-14(2)11-17)19(29)13-31-22-25-20-18(12-24-26-20)21(30)28(22)16-9-7-15(23)8-10-16/h4-11,18,20,24,26H,3,12-13H2,1-2H3. The number of aliphatic imine (C=N–C) groups is 1. The number of thioether (sulfide) groups is 1. The largest absolute Gasteiger partial charge is 0.312 e. The number of fused-ring (bicyclic) bond motifs is 1. The van der Waals surface area contributed by atoms with Gasteiger partial charge in [0.2, 0.25) is 11.8 Å². The van der Waals surface area contributed by atoms with Crippen molar-refractivity contribution in [3.8, 4) is 0 Å². The first-order valence-electron chi connectivity index (χ1n) is 10.1. The number of amidine groups is 1. The SMILES string of the molecule is CCN(C(=O)CSC1=NC2NNCC2C(=O)N1c1ccc(Br)cc1)c1cccc(C)c1. The van der Waals surface area contributed by atoms with Crippen LogP contribution in [0.3, 0.4) is 0 Å². The minimum absolute atomic E-state index is 0.0244. The van der Waals surface area contributed by atoms with Crippen LogP contribution in [0.5, 0.6) is 0 Å². The number of nitrogens with one attached hydrogen (secondary N) is 2. The van der Waals surface area contributed by atoms with Gasteiger partial charge in [-0.15, -0.1) is 0 Å². The Hall–Kier alpha value is -2.20. The molecule has 0 radical (unpaired) electrons. The zero-order valence-corrected chi connectivity index (χ0v) is 19.7. The Morgan fingerprint density at radius 2 is 2.06 bits per heavy atom. The van der Waals surface area contributed by atoms with Gasteiger partial charge in [-0.25, -0.2) is 10.4 Å². The van der Waals surface area contributed by atoms with Crippen LogP contribution in [0.1, 0.15) is 12.5 Å². The van der Waals surface area contributed by atoms with Gasteiger partial charge in [-0.05, 0) is 55.8 Å². The molecule has 2 aliphatic heterocycles. The van der Waals surface area contributed by atoms with Crippen LogP contribution in [0, 0.1) is 12.8 Å². The quantitative estimate of drug-likeness (QED) is 0.657. The summed E-state index contributed by atoms with van der Waals surface area (Å²) in [4.78, 5) is 34.4. The fourth-order valence-corrected chi connectivity index (χ4v) is 4.89. The van der Waals surface area contributed by atoms with Crippen molar-refractivity contribution in [1.82, 2.24) is 10.9 Å². The number of anilines is 2. The lowest BCUT2D eigenvalue weighted by molar-refractivity contribution is -0.121. The van der Waals surface area contributed by atoms with Gasteiger partial charge in [0.05, 0.1) is 17.4 Å². The highest BCUT2D eigenvalue weighted by molar-refractivity contribution is 9.10. The molecule has 0 aliphatic carbocycles. The summed E-state index contributed by atoms with van der Waals surface area (Å²) in [5.41, 5.74) is 8.79. The Morgan fingerprint density at radius 1 is 1.29 bits per heavy atom. The number of rotatable bonds is 5. The summed E-state index contributed by atoms with van der Waals surface area (Å²) in [6.45, 7) is 5.06. The number of hydrogen-bond acceptors (Lipinski definition) is 6. The second-order valence-corrected chi connectivity index (χ2v) is 9.26. The first-order chi connectivity index (χ1) is 15.0. The highest BCUT2D eigenvalue weighted by Crippen LogP contribution is 2.30. The fourth-order valence-electron chi connectivity index (χ4n) is 3.70. The van der Waals surface area contributed by atoms with E-state index in [1.54, 1.807) is 9.80 Å². The molecule has 1 fully saturated rings. The van der Waals surface area contributed by atoms with Gasteiger partial charge >= 0.3 is 0 Å². The van der Waals surface area contributed by atoms with Gasteiger partial charge in [-0.2, -0.15) is 0 Å². The zero-order chi connectivity index (χ0) is 22.0. The van der Waals surface area contributed by atoms with E-state index in [-0.39, 0.29) is 29.7 Å². The van der Waals surface area contributed by atoms with Crippen LogP contribution < -0.4 is 20.7 Å². The molecule has 2 atom stereocenters. The van der Waals surface area contributed by atoms with Crippen molar-refractivity contribution in [2.45, 2.75) is 20.0 Å². The summed E-state index contributed by atoms with van der Waals surface area (Å²) >= 11 is 4.73. The van der Waals surface area contributed by atoms with Crippen molar-refractivity contribution < 1.29 is 9.59 Å². The van der Waals surface area contributed by atoms with Crippen molar-refractivity contribution in [1.29, 1.82) is 0 Å². The smallest absolute Gasteiger partial charge is 0.241 e. The van der Waals surface area contributed by atoms with Crippen LogP contribution in [0.2, 0.25) is 0 Å². The van der Waals surface area contributed by atoms with Crippen molar-refractivity contribution in [2.75, 3.05) is 28.6 Å². The van der Waals surface area contributed by atoms with Crippen molar-refractivity contribution >= 4 is 56.0 Å². The summed E-state index contributed by atoms with van der Waals surface area (Å²) in [6.07, 6.45) is -0.323. The monoisotopic (exact) mass is 501 g/mol. The van der Waals surface area contributed by atoms with E-state index in [0.717, 1.165) is 21.4 Å². The van der Waals surface area contributed by atoms with E-state index in [9.17, 15) is 9.59 Å². The third kappa shape index (κ3) is 4.69. The van der Waals surface area contributed by atoms with E-state index in [0.29, 0.717) is 18.3 Å².